The first kappa shape index (κ1) is 39.7. The lowest BCUT2D eigenvalue weighted by atomic mass is 10.00. The van der Waals surface area contributed by atoms with Crippen molar-refractivity contribution in [3.05, 3.63) is 254 Å². The van der Waals surface area contributed by atoms with Gasteiger partial charge in [-0.3, -0.25) is 0 Å². The van der Waals surface area contributed by atoms with Crippen molar-refractivity contribution in [2.75, 3.05) is 4.90 Å². The summed E-state index contributed by atoms with van der Waals surface area (Å²) in [5.74, 6) is 0. The van der Waals surface area contributed by atoms with Crippen molar-refractivity contribution in [1.29, 1.82) is 0 Å². The Morgan fingerprint density at radius 3 is 1.10 bits per heavy atom. The highest BCUT2D eigenvalue weighted by atomic mass is 15.1. The second kappa shape index (κ2) is 15.6. The summed E-state index contributed by atoms with van der Waals surface area (Å²) in [7, 11) is 0. The average molecular weight is 908 g/mol. The van der Waals surface area contributed by atoms with Crippen LogP contribution in [0.25, 0.3) is 105 Å². The van der Waals surface area contributed by atoms with Gasteiger partial charge in [-0.05, 0) is 152 Å². The molecule has 4 heterocycles. The fourth-order valence-corrected chi connectivity index (χ4v) is 11.9. The van der Waals surface area contributed by atoms with Crippen LogP contribution in [0.5, 0.6) is 0 Å². The van der Waals surface area contributed by atoms with Gasteiger partial charge in [0.15, 0.2) is 0 Å². The fraction of sp³-hybridized carbons (Fsp3) is 0.0303. The molecule has 15 rings (SSSR count). The zero-order chi connectivity index (χ0) is 46.6. The average Bonchev–Trinajstić information content (AvgIpc) is 4.15. The largest absolute Gasteiger partial charge is 0.311 e. The number of benzene rings is 10. The van der Waals surface area contributed by atoms with Crippen molar-refractivity contribution in [2.24, 2.45) is 0 Å². The highest BCUT2D eigenvalue weighted by Crippen LogP contribution is 2.43. The summed E-state index contributed by atoms with van der Waals surface area (Å²) in [4.78, 5) is 2.36. The van der Waals surface area contributed by atoms with E-state index >= 15 is 0 Å². The minimum absolute atomic E-state index is 1.03. The number of aryl methyl sites for hydroxylation is 1. The lowest BCUT2D eigenvalue weighted by Crippen LogP contribution is -2.10. The van der Waals surface area contributed by atoms with Crippen LogP contribution in [0, 0.1) is 0 Å². The number of aromatic nitrogens is 4. The molecule has 0 fully saturated rings. The minimum Gasteiger partial charge on any atom is -0.311 e. The summed E-state index contributed by atoms with van der Waals surface area (Å²) in [6.07, 6.45) is 6.72. The van der Waals surface area contributed by atoms with Crippen LogP contribution in [-0.4, -0.2) is 18.3 Å². The molecular weight excluding hydrogens is 863 g/mol. The zero-order valence-corrected chi connectivity index (χ0v) is 38.8. The van der Waals surface area contributed by atoms with Gasteiger partial charge in [-0.15, -0.1) is 0 Å². The Morgan fingerprint density at radius 1 is 0.282 bits per heavy atom. The van der Waals surface area contributed by atoms with E-state index < -0.39 is 0 Å². The molecule has 0 amide bonds. The maximum Gasteiger partial charge on any atom is 0.0548 e. The third kappa shape index (κ3) is 6.00. The van der Waals surface area contributed by atoms with E-state index in [0.717, 1.165) is 47.0 Å². The number of allylic oxidation sites excluding steroid dienone is 1. The molecular formula is C66H45N5. The number of rotatable bonds is 7. The Balaban J connectivity index is 0.853. The zero-order valence-electron chi connectivity index (χ0n) is 38.8. The molecule has 0 spiro atoms. The minimum atomic E-state index is 1.03. The van der Waals surface area contributed by atoms with Crippen molar-refractivity contribution in [3.63, 3.8) is 0 Å². The van der Waals surface area contributed by atoms with Crippen molar-refractivity contribution in [3.8, 4) is 22.7 Å². The van der Waals surface area contributed by atoms with Crippen molar-refractivity contribution in [1.82, 2.24) is 18.3 Å². The summed E-state index contributed by atoms with van der Waals surface area (Å²) < 4.78 is 9.76. The lowest BCUT2D eigenvalue weighted by Gasteiger charge is -2.26. The van der Waals surface area contributed by atoms with E-state index in [2.05, 4.69) is 272 Å². The molecule has 10 aromatic carbocycles. The Bertz CT molecular complexity index is 4420. The quantitative estimate of drug-likeness (QED) is 0.156. The smallest absolute Gasteiger partial charge is 0.0548 e. The highest BCUT2D eigenvalue weighted by molar-refractivity contribution is 6.19. The summed E-state index contributed by atoms with van der Waals surface area (Å²) in [6.45, 7) is 0. The predicted molar refractivity (Wildman–Crippen MR) is 298 cm³/mol. The Morgan fingerprint density at radius 2 is 0.634 bits per heavy atom. The van der Waals surface area contributed by atoms with E-state index in [1.165, 1.54) is 93.3 Å². The maximum atomic E-state index is 2.46. The second-order valence-electron chi connectivity index (χ2n) is 18.8. The van der Waals surface area contributed by atoms with Crippen LogP contribution in [0.2, 0.25) is 0 Å². The summed E-state index contributed by atoms with van der Waals surface area (Å²) in [5.41, 5.74) is 19.1. The van der Waals surface area contributed by atoms with Gasteiger partial charge in [0.1, 0.15) is 0 Å². The summed E-state index contributed by atoms with van der Waals surface area (Å²) in [6, 6.07) is 86.6. The van der Waals surface area contributed by atoms with Gasteiger partial charge in [0.05, 0.1) is 38.6 Å². The number of hydrogen-bond acceptors (Lipinski definition) is 1. The van der Waals surface area contributed by atoms with Crippen molar-refractivity contribution < 1.29 is 0 Å². The van der Waals surface area contributed by atoms with Gasteiger partial charge < -0.3 is 23.2 Å². The molecule has 0 saturated carbocycles. The van der Waals surface area contributed by atoms with E-state index in [4.69, 9.17) is 0 Å². The number of anilines is 3. The normalized spacial score (nSPS) is 12.6. The Hall–Kier alpha value is -9.32. The van der Waals surface area contributed by atoms with Gasteiger partial charge >= 0.3 is 0 Å². The van der Waals surface area contributed by atoms with Crippen molar-refractivity contribution >= 4 is 99.5 Å². The second-order valence-corrected chi connectivity index (χ2v) is 18.8. The molecule has 71 heavy (non-hydrogen) atoms. The molecule has 0 bridgehead atoms. The van der Waals surface area contributed by atoms with Crippen LogP contribution in [0.15, 0.2) is 243 Å². The molecule has 1 aliphatic carbocycles. The monoisotopic (exact) mass is 907 g/mol. The Kier molecular flexibility index (Phi) is 8.72. The first-order valence-corrected chi connectivity index (χ1v) is 24.7. The number of para-hydroxylation sites is 6. The molecule has 334 valence electrons. The van der Waals surface area contributed by atoms with E-state index in [9.17, 15) is 0 Å². The first-order chi connectivity index (χ1) is 35.2. The molecule has 5 heteroatoms. The van der Waals surface area contributed by atoms with Gasteiger partial charge in [-0.1, -0.05) is 115 Å². The topological polar surface area (TPSA) is 23.0 Å². The fourth-order valence-electron chi connectivity index (χ4n) is 11.9. The van der Waals surface area contributed by atoms with Crippen LogP contribution in [0.4, 0.5) is 17.1 Å². The molecule has 0 N–H and O–H groups in total. The summed E-state index contributed by atoms with van der Waals surface area (Å²) in [5, 5.41) is 8.78. The van der Waals surface area contributed by atoms with Gasteiger partial charge in [-0.2, -0.15) is 0 Å². The van der Waals surface area contributed by atoms with Gasteiger partial charge in [0.2, 0.25) is 0 Å². The molecule has 14 aromatic rings. The molecule has 0 aliphatic heterocycles. The van der Waals surface area contributed by atoms with E-state index in [1.54, 1.807) is 0 Å². The third-order valence-electron chi connectivity index (χ3n) is 15.0. The number of hydrogen-bond donors (Lipinski definition) is 0. The molecule has 4 aromatic heterocycles. The number of nitrogens with zero attached hydrogens (tertiary/aromatic N) is 5. The highest BCUT2D eigenvalue weighted by Gasteiger charge is 2.23. The molecule has 0 radical (unpaired) electrons. The molecule has 5 nitrogen and oxygen atoms in total. The Labute approximate surface area is 410 Å². The summed E-state index contributed by atoms with van der Waals surface area (Å²) >= 11 is 0. The van der Waals surface area contributed by atoms with Crippen LogP contribution < -0.4 is 4.90 Å². The SMILES string of the molecule is C1=Cc2c(c3cc4c(cc3n2-c2ccccc2)c2ccccc2n4-c2ccc(N(c3ccccc3)c3ccc(-n4c5ccccc5c5cc6c(cc54)c4ccccc4n6-c4ccccc4)cc3)cc2)CC1. The lowest BCUT2D eigenvalue weighted by molar-refractivity contribution is 0.967. The molecule has 0 atom stereocenters. The van der Waals surface area contributed by atoms with E-state index in [1.807, 2.05) is 0 Å². The predicted octanol–water partition coefficient (Wildman–Crippen LogP) is 17.4. The molecule has 0 saturated heterocycles. The van der Waals surface area contributed by atoms with Crippen LogP contribution in [0.3, 0.4) is 0 Å². The van der Waals surface area contributed by atoms with Crippen LogP contribution in [0.1, 0.15) is 17.7 Å². The van der Waals surface area contributed by atoms with Gasteiger partial charge in [0.25, 0.3) is 0 Å². The van der Waals surface area contributed by atoms with Crippen molar-refractivity contribution in [2.45, 2.75) is 12.8 Å². The number of fused-ring (bicyclic) bond motifs is 12. The maximum absolute atomic E-state index is 2.46. The first-order valence-electron chi connectivity index (χ1n) is 24.7. The van der Waals surface area contributed by atoms with Crippen LogP contribution >= 0.6 is 0 Å². The van der Waals surface area contributed by atoms with Crippen LogP contribution in [-0.2, 0) is 6.42 Å². The molecule has 1 aliphatic rings. The molecule has 0 unspecified atom stereocenters. The van der Waals surface area contributed by atoms with E-state index in [-0.39, 0.29) is 0 Å². The van der Waals surface area contributed by atoms with Gasteiger partial charge in [0, 0.05) is 83.2 Å². The van der Waals surface area contributed by atoms with Gasteiger partial charge in [-0.25, -0.2) is 0 Å². The third-order valence-corrected chi connectivity index (χ3v) is 15.0. The standard InChI is InChI=1S/C66H45N5/c1-4-18-44(19-5-1)67(47-32-36-49(37-33-47)70-61-30-16-12-26-53(61)57-40-63-55(42-65(57)70)51-24-10-14-28-59(51)68(63)45-20-6-2-7-21-45)48-34-38-50(39-35-48)71-62-31-17-13-27-54(62)58-41-64-56(43-66(58)71)52-25-11-15-29-60(52)69(64)46-22-8-3-9-23-46/h1-10,12-24,26-43H,11,25H2. The van der Waals surface area contributed by atoms with E-state index in [0.29, 0.717) is 0 Å².